The summed E-state index contributed by atoms with van der Waals surface area (Å²) in [5.74, 6) is -0.0697. The van der Waals surface area contributed by atoms with Crippen molar-refractivity contribution in [3.63, 3.8) is 0 Å². The molecule has 0 fully saturated rings. The molecule has 0 saturated heterocycles. The maximum atomic E-state index is 11.7. The molecule has 110 valence electrons. The molecule has 0 aromatic heterocycles. The molecule has 7 heteroatoms. The SMILES string of the molecule is CNC(=O)C(C)(C)CNc1cc(C)c([N+](=O)[O-])cc1Br. The summed E-state index contributed by atoms with van der Waals surface area (Å²) in [6.07, 6.45) is 0. The van der Waals surface area contributed by atoms with E-state index >= 15 is 0 Å². The molecule has 1 rings (SSSR count). The van der Waals surface area contributed by atoms with E-state index in [0.29, 0.717) is 16.6 Å². The van der Waals surface area contributed by atoms with Gasteiger partial charge in [0.25, 0.3) is 5.69 Å². The smallest absolute Gasteiger partial charge is 0.273 e. The standard InChI is InChI=1S/C13H18BrN3O3/c1-8-5-10(9(14)6-11(8)17(19)20)16-7-13(2,3)12(18)15-4/h5-6,16H,7H2,1-4H3,(H,15,18). The van der Waals surface area contributed by atoms with Crippen LogP contribution in [0, 0.1) is 22.5 Å². The molecule has 0 bridgehead atoms. The van der Waals surface area contributed by atoms with Crippen molar-refractivity contribution in [1.82, 2.24) is 5.32 Å². The third-order valence-corrected chi connectivity index (χ3v) is 3.70. The molecule has 0 aliphatic carbocycles. The van der Waals surface area contributed by atoms with Crippen LogP contribution in [0.2, 0.25) is 0 Å². The summed E-state index contributed by atoms with van der Waals surface area (Å²) >= 11 is 3.30. The minimum absolute atomic E-state index is 0.0630. The van der Waals surface area contributed by atoms with Gasteiger partial charge in [-0.1, -0.05) is 0 Å². The lowest BCUT2D eigenvalue weighted by Crippen LogP contribution is -2.39. The Morgan fingerprint density at radius 2 is 2.05 bits per heavy atom. The Hall–Kier alpha value is -1.63. The van der Waals surface area contributed by atoms with Gasteiger partial charge in [-0.05, 0) is 42.8 Å². The van der Waals surface area contributed by atoms with Crippen LogP contribution in [0.5, 0.6) is 0 Å². The summed E-state index contributed by atoms with van der Waals surface area (Å²) in [6, 6.07) is 3.16. The molecule has 2 N–H and O–H groups in total. The van der Waals surface area contributed by atoms with Crippen LogP contribution in [-0.2, 0) is 4.79 Å². The number of anilines is 1. The number of carbonyl (C=O) groups excluding carboxylic acids is 1. The zero-order chi connectivity index (χ0) is 15.5. The zero-order valence-electron chi connectivity index (χ0n) is 11.9. The van der Waals surface area contributed by atoms with Gasteiger partial charge in [0.2, 0.25) is 5.91 Å². The van der Waals surface area contributed by atoms with Crippen LogP contribution in [0.1, 0.15) is 19.4 Å². The van der Waals surface area contributed by atoms with E-state index in [1.165, 1.54) is 6.07 Å². The number of carbonyl (C=O) groups is 1. The average Bonchev–Trinajstić information content (AvgIpc) is 2.37. The van der Waals surface area contributed by atoms with Crippen LogP contribution in [0.25, 0.3) is 0 Å². The Morgan fingerprint density at radius 3 is 2.55 bits per heavy atom. The number of nitro groups is 1. The van der Waals surface area contributed by atoms with Gasteiger partial charge in [-0.15, -0.1) is 0 Å². The fraction of sp³-hybridized carbons (Fsp3) is 0.462. The van der Waals surface area contributed by atoms with E-state index in [2.05, 4.69) is 26.6 Å². The van der Waals surface area contributed by atoms with E-state index in [1.54, 1.807) is 20.0 Å². The number of rotatable bonds is 5. The number of hydrogen-bond acceptors (Lipinski definition) is 4. The summed E-state index contributed by atoms with van der Waals surface area (Å²) in [6.45, 7) is 5.75. The van der Waals surface area contributed by atoms with Crippen molar-refractivity contribution in [3.05, 3.63) is 32.3 Å². The normalized spacial score (nSPS) is 11.1. The van der Waals surface area contributed by atoms with Crippen molar-refractivity contribution >= 4 is 33.2 Å². The van der Waals surface area contributed by atoms with Crippen molar-refractivity contribution in [2.24, 2.45) is 5.41 Å². The predicted molar refractivity (Wildman–Crippen MR) is 81.9 cm³/mol. The van der Waals surface area contributed by atoms with Crippen molar-refractivity contribution < 1.29 is 9.72 Å². The van der Waals surface area contributed by atoms with Crippen LogP contribution in [0.15, 0.2) is 16.6 Å². The fourth-order valence-electron chi connectivity index (χ4n) is 1.74. The highest BCUT2D eigenvalue weighted by molar-refractivity contribution is 9.10. The van der Waals surface area contributed by atoms with Crippen molar-refractivity contribution in [1.29, 1.82) is 0 Å². The van der Waals surface area contributed by atoms with Crippen LogP contribution in [0.3, 0.4) is 0 Å². The zero-order valence-corrected chi connectivity index (χ0v) is 13.5. The Morgan fingerprint density at radius 1 is 1.45 bits per heavy atom. The maximum absolute atomic E-state index is 11.7. The lowest BCUT2D eigenvalue weighted by atomic mass is 9.92. The first-order chi connectivity index (χ1) is 9.19. The number of aryl methyl sites for hydroxylation is 1. The van der Waals surface area contributed by atoms with E-state index in [-0.39, 0.29) is 11.6 Å². The molecule has 0 aliphatic rings. The number of amides is 1. The summed E-state index contributed by atoms with van der Waals surface area (Å²) < 4.78 is 0.600. The lowest BCUT2D eigenvalue weighted by Gasteiger charge is -2.24. The first kappa shape index (κ1) is 16.4. The van der Waals surface area contributed by atoms with Crippen molar-refractivity contribution in [2.75, 3.05) is 18.9 Å². The molecule has 0 heterocycles. The number of nitrogens with one attached hydrogen (secondary N) is 2. The van der Waals surface area contributed by atoms with Crippen LogP contribution >= 0.6 is 15.9 Å². The maximum Gasteiger partial charge on any atom is 0.273 e. The quantitative estimate of drug-likeness (QED) is 0.635. The van der Waals surface area contributed by atoms with Crippen LogP contribution in [-0.4, -0.2) is 24.4 Å². The third-order valence-electron chi connectivity index (χ3n) is 3.04. The van der Waals surface area contributed by atoms with Gasteiger partial charge in [-0.25, -0.2) is 0 Å². The molecule has 1 aromatic rings. The van der Waals surface area contributed by atoms with Gasteiger partial charge in [-0.3, -0.25) is 14.9 Å². The largest absolute Gasteiger partial charge is 0.383 e. The molecule has 0 radical (unpaired) electrons. The number of hydrogen-bond donors (Lipinski definition) is 2. The highest BCUT2D eigenvalue weighted by Crippen LogP contribution is 2.31. The minimum atomic E-state index is -0.579. The highest BCUT2D eigenvalue weighted by Gasteiger charge is 2.26. The summed E-state index contributed by atoms with van der Waals surface area (Å²) in [7, 11) is 1.59. The van der Waals surface area contributed by atoms with Gasteiger partial charge in [0.15, 0.2) is 0 Å². The van der Waals surface area contributed by atoms with Crippen molar-refractivity contribution in [2.45, 2.75) is 20.8 Å². The number of benzene rings is 1. The van der Waals surface area contributed by atoms with Crippen LogP contribution < -0.4 is 10.6 Å². The second kappa shape index (κ2) is 6.21. The summed E-state index contributed by atoms with van der Waals surface area (Å²) in [5.41, 5.74) is 0.778. The molecule has 0 aliphatic heterocycles. The van der Waals surface area contributed by atoms with Gasteiger partial charge in [0.1, 0.15) is 0 Å². The Balaban J connectivity index is 2.92. The highest BCUT2D eigenvalue weighted by atomic mass is 79.9. The Bertz CT molecular complexity index is 544. The molecule has 0 unspecified atom stereocenters. The fourth-order valence-corrected chi connectivity index (χ4v) is 2.21. The third kappa shape index (κ3) is 3.69. The average molecular weight is 344 g/mol. The first-order valence-corrected chi connectivity index (χ1v) is 6.89. The minimum Gasteiger partial charge on any atom is -0.383 e. The Labute approximate surface area is 126 Å². The molecular weight excluding hydrogens is 326 g/mol. The number of nitrogens with zero attached hydrogens (tertiary/aromatic N) is 1. The molecule has 0 atom stereocenters. The molecular formula is C13H18BrN3O3. The van der Waals surface area contributed by atoms with E-state index in [4.69, 9.17) is 0 Å². The van der Waals surface area contributed by atoms with Gasteiger partial charge >= 0.3 is 0 Å². The second-order valence-electron chi connectivity index (χ2n) is 5.19. The lowest BCUT2D eigenvalue weighted by molar-refractivity contribution is -0.385. The topological polar surface area (TPSA) is 84.3 Å². The second-order valence-corrected chi connectivity index (χ2v) is 6.05. The molecule has 1 amide bonds. The van der Waals surface area contributed by atoms with Gasteiger partial charge in [0, 0.05) is 35.4 Å². The predicted octanol–water partition coefficient (Wildman–Crippen LogP) is 2.85. The van der Waals surface area contributed by atoms with Gasteiger partial charge in [0.05, 0.1) is 10.3 Å². The molecule has 20 heavy (non-hydrogen) atoms. The van der Waals surface area contributed by atoms with Gasteiger partial charge in [-0.2, -0.15) is 0 Å². The summed E-state index contributed by atoms with van der Waals surface area (Å²) in [5, 5.41) is 16.6. The monoisotopic (exact) mass is 343 g/mol. The van der Waals surface area contributed by atoms with E-state index in [9.17, 15) is 14.9 Å². The first-order valence-electron chi connectivity index (χ1n) is 6.09. The van der Waals surface area contributed by atoms with E-state index < -0.39 is 10.3 Å². The van der Waals surface area contributed by atoms with Crippen LogP contribution in [0.4, 0.5) is 11.4 Å². The van der Waals surface area contributed by atoms with Gasteiger partial charge < -0.3 is 10.6 Å². The summed E-state index contributed by atoms with van der Waals surface area (Å²) in [4.78, 5) is 22.1. The molecule has 1 aromatic carbocycles. The van der Waals surface area contributed by atoms with Crippen molar-refractivity contribution in [3.8, 4) is 0 Å². The van der Waals surface area contributed by atoms with E-state index in [1.807, 2.05) is 13.8 Å². The molecule has 0 saturated carbocycles. The Kier molecular flexibility index (Phi) is 5.10. The number of nitro benzene ring substituents is 1. The number of halogens is 1. The molecule has 0 spiro atoms. The molecule has 6 nitrogen and oxygen atoms in total. The van der Waals surface area contributed by atoms with E-state index in [0.717, 1.165) is 5.69 Å².